The summed E-state index contributed by atoms with van der Waals surface area (Å²) in [6.07, 6.45) is 6.10. The molecule has 100 valence electrons. The molecule has 0 fully saturated rings. The van der Waals surface area contributed by atoms with Crippen molar-refractivity contribution in [2.24, 2.45) is 0 Å². The van der Waals surface area contributed by atoms with E-state index in [9.17, 15) is 0 Å². The van der Waals surface area contributed by atoms with Crippen molar-refractivity contribution < 1.29 is 0 Å². The van der Waals surface area contributed by atoms with Gasteiger partial charge in [0.1, 0.15) is 12.1 Å². The van der Waals surface area contributed by atoms with E-state index in [1.54, 1.807) is 12.5 Å². The Hall–Kier alpha value is -2.69. The zero-order chi connectivity index (χ0) is 13.8. The molecule has 0 saturated heterocycles. The molecule has 20 heavy (non-hydrogen) atoms. The lowest BCUT2D eigenvalue weighted by molar-refractivity contribution is 0.994. The minimum absolute atomic E-state index is 0.706. The van der Waals surface area contributed by atoms with Gasteiger partial charge in [-0.2, -0.15) is 0 Å². The monoisotopic (exact) mass is 265 g/mol. The van der Waals surface area contributed by atoms with Crippen LogP contribution < -0.4 is 11.1 Å². The van der Waals surface area contributed by atoms with E-state index < -0.39 is 0 Å². The lowest BCUT2D eigenvalue weighted by Gasteiger charge is -2.08. The fraction of sp³-hybridized carbons (Fsp3) is 0.133. The van der Waals surface area contributed by atoms with Gasteiger partial charge >= 0.3 is 0 Å². The zero-order valence-corrected chi connectivity index (χ0v) is 11.0. The first-order valence-electron chi connectivity index (χ1n) is 6.46. The number of nitrogen functional groups attached to an aromatic ring is 1. The molecule has 2 aromatic heterocycles. The molecule has 5 nitrogen and oxygen atoms in total. The third-order valence-corrected chi connectivity index (χ3v) is 3.09. The Bertz CT molecular complexity index is 712. The Morgan fingerprint density at radius 1 is 1.15 bits per heavy atom. The van der Waals surface area contributed by atoms with E-state index in [0.717, 1.165) is 29.7 Å². The van der Waals surface area contributed by atoms with Gasteiger partial charge in [-0.1, -0.05) is 6.07 Å². The van der Waals surface area contributed by atoms with E-state index in [0.29, 0.717) is 5.69 Å². The van der Waals surface area contributed by atoms with Crippen molar-refractivity contribution >= 4 is 22.4 Å². The molecule has 3 aromatic rings. The molecule has 0 amide bonds. The van der Waals surface area contributed by atoms with Crippen molar-refractivity contribution in [3.05, 3.63) is 54.6 Å². The van der Waals surface area contributed by atoms with Gasteiger partial charge in [0.25, 0.3) is 0 Å². The summed E-state index contributed by atoms with van der Waals surface area (Å²) in [6, 6.07) is 9.66. The van der Waals surface area contributed by atoms with Crippen molar-refractivity contribution in [1.29, 1.82) is 0 Å². The molecule has 0 spiro atoms. The molecule has 2 heterocycles. The highest BCUT2D eigenvalue weighted by molar-refractivity contribution is 5.90. The largest absolute Gasteiger partial charge is 0.399 e. The van der Waals surface area contributed by atoms with Crippen molar-refractivity contribution in [2.45, 2.75) is 6.42 Å². The van der Waals surface area contributed by atoms with Crippen LogP contribution in [0.4, 0.5) is 11.5 Å². The standard InChI is InChI=1S/C15H15N5/c16-12-3-4-13-14(8-12)19-10-20-15(13)18-7-5-11-2-1-6-17-9-11/h1-4,6,8-10H,5,7,16H2,(H,18,19,20). The van der Waals surface area contributed by atoms with Crippen molar-refractivity contribution in [3.63, 3.8) is 0 Å². The number of fused-ring (bicyclic) bond motifs is 1. The topological polar surface area (TPSA) is 76.7 Å². The molecule has 0 radical (unpaired) electrons. The average molecular weight is 265 g/mol. The molecular formula is C15H15N5. The minimum Gasteiger partial charge on any atom is -0.399 e. The second-order valence-electron chi connectivity index (χ2n) is 4.54. The van der Waals surface area contributed by atoms with Crippen LogP contribution in [0.5, 0.6) is 0 Å². The average Bonchev–Trinajstić information content (AvgIpc) is 2.48. The van der Waals surface area contributed by atoms with Gasteiger partial charge in [0.05, 0.1) is 5.52 Å². The summed E-state index contributed by atoms with van der Waals surface area (Å²) in [4.78, 5) is 12.6. The third-order valence-electron chi connectivity index (χ3n) is 3.09. The van der Waals surface area contributed by atoms with Crippen LogP contribution in [0.15, 0.2) is 49.1 Å². The molecule has 0 aliphatic carbocycles. The molecule has 3 rings (SSSR count). The molecule has 0 atom stereocenters. The quantitative estimate of drug-likeness (QED) is 0.708. The molecule has 0 bridgehead atoms. The molecule has 5 heteroatoms. The highest BCUT2D eigenvalue weighted by Gasteiger charge is 2.03. The third kappa shape index (κ3) is 2.66. The van der Waals surface area contributed by atoms with Gasteiger partial charge in [0, 0.05) is 30.0 Å². The lowest BCUT2D eigenvalue weighted by Crippen LogP contribution is -2.07. The van der Waals surface area contributed by atoms with E-state index in [1.165, 1.54) is 5.56 Å². The summed E-state index contributed by atoms with van der Waals surface area (Å²) in [7, 11) is 0. The van der Waals surface area contributed by atoms with Crippen molar-refractivity contribution in [2.75, 3.05) is 17.6 Å². The fourth-order valence-corrected chi connectivity index (χ4v) is 2.09. The maximum atomic E-state index is 5.76. The maximum absolute atomic E-state index is 5.76. The number of benzene rings is 1. The Labute approximate surface area is 116 Å². The Morgan fingerprint density at radius 3 is 2.95 bits per heavy atom. The Morgan fingerprint density at radius 2 is 2.10 bits per heavy atom. The van der Waals surface area contributed by atoms with E-state index >= 15 is 0 Å². The number of hydrogen-bond donors (Lipinski definition) is 2. The minimum atomic E-state index is 0.706. The fourth-order valence-electron chi connectivity index (χ4n) is 2.09. The molecule has 3 N–H and O–H groups in total. The molecular weight excluding hydrogens is 250 g/mol. The highest BCUT2D eigenvalue weighted by Crippen LogP contribution is 2.21. The van der Waals surface area contributed by atoms with Crippen LogP contribution in [0, 0.1) is 0 Å². The zero-order valence-electron chi connectivity index (χ0n) is 11.0. The predicted molar refractivity (Wildman–Crippen MR) is 80.4 cm³/mol. The summed E-state index contributed by atoms with van der Waals surface area (Å²) in [5.41, 5.74) is 8.52. The van der Waals surface area contributed by atoms with E-state index in [4.69, 9.17) is 5.73 Å². The lowest BCUT2D eigenvalue weighted by atomic mass is 10.2. The molecule has 0 aliphatic rings. The van der Waals surface area contributed by atoms with Crippen LogP contribution in [0.25, 0.3) is 10.9 Å². The molecule has 1 aromatic carbocycles. The Balaban J connectivity index is 1.74. The van der Waals surface area contributed by atoms with Gasteiger partial charge in [-0.25, -0.2) is 9.97 Å². The van der Waals surface area contributed by atoms with Crippen molar-refractivity contribution in [1.82, 2.24) is 15.0 Å². The number of nitrogens with two attached hydrogens (primary N) is 1. The predicted octanol–water partition coefficient (Wildman–Crippen LogP) is 2.26. The summed E-state index contributed by atoms with van der Waals surface area (Å²) in [6.45, 7) is 0.794. The normalized spacial score (nSPS) is 10.6. The number of pyridine rings is 1. The summed E-state index contributed by atoms with van der Waals surface area (Å²) in [5.74, 6) is 0.832. The SMILES string of the molecule is Nc1ccc2c(NCCc3cccnc3)ncnc2c1. The van der Waals surface area contributed by atoms with Gasteiger partial charge in [0.15, 0.2) is 0 Å². The molecule has 0 unspecified atom stereocenters. The number of anilines is 2. The van der Waals surface area contributed by atoms with Crippen LogP contribution in [-0.4, -0.2) is 21.5 Å². The van der Waals surface area contributed by atoms with Gasteiger partial charge in [-0.3, -0.25) is 4.98 Å². The van der Waals surface area contributed by atoms with Crippen LogP contribution in [-0.2, 0) is 6.42 Å². The molecule has 0 aliphatic heterocycles. The van der Waals surface area contributed by atoms with E-state index in [2.05, 4.69) is 26.3 Å². The molecule has 0 saturated carbocycles. The van der Waals surface area contributed by atoms with E-state index in [1.807, 2.05) is 30.5 Å². The number of hydrogen-bond acceptors (Lipinski definition) is 5. The maximum Gasteiger partial charge on any atom is 0.137 e. The van der Waals surface area contributed by atoms with Crippen molar-refractivity contribution in [3.8, 4) is 0 Å². The van der Waals surface area contributed by atoms with Gasteiger partial charge < -0.3 is 11.1 Å². The van der Waals surface area contributed by atoms with Gasteiger partial charge in [-0.15, -0.1) is 0 Å². The van der Waals surface area contributed by atoms with E-state index in [-0.39, 0.29) is 0 Å². The Kier molecular flexibility index (Phi) is 3.41. The van der Waals surface area contributed by atoms with Crippen LogP contribution in [0.3, 0.4) is 0 Å². The number of nitrogens with one attached hydrogen (secondary N) is 1. The first-order valence-corrected chi connectivity index (χ1v) is 6.46. The summed E-state index contributed by atoms with van der Waals surface area (Å²) in [5, 5.41) is 4.32. The number of aromatic nitrogens is 3. The van der Waals surface area contributed by atoms with Crippen LogP contribution in [0.1, 0.15) is 5.56 Å². The smallest absolute Gasteiger partial charge is 0.137 e. The number of rotatable bonds is 4. The van der Waals surface area contributed by atoms with Crippen LogP contribution in [0.2, 0.25) is 0 Å². The second-order valence-corrected chi connectivity index (χ2v) is 4.54. The highest BCUT2D eigenvalue weighted by atomic mass is 15.0. The summed E-state index contributed by atoms with van der Waals surface area (Å²) >= 11 is 0. The van der Waals surface area contributed by atoms with Gasteiger partial charge in [0.2, 0.25) is 0 Å². The number of nitrogens with zero attached hydrogens (tertiary/aromatic N) is 3. The van der Waals surface area contributed by atoms with Gasteiger partial charge in [-0.05, 0) is 36.2 Å². The van der Waals surface area contributed by atoms with Crippen LogP contribution >= 0.6 is 0 Å². The first-order chi connectivity index (χ1) is 9.83. The second kappa shape index (κ2) is 5.52. The first kappa shape index (κ1) is 12.3. The summed E-state index contributed by atoms with van der Waals surface area (Å²) < 4.78 is 0.